The third kappa shape index (κ3) is 4.67. The minimum atomic E-state index is -1.02. The van der Waals surface area contributed by atoms with Gasteiger partial charge in [0.15, 0.2) is 0 Å². The summed E-state index contributed by atoms with van der Waals surface area (Å²) in [5, 5.41) is 13.5. The van der Waals surface area contributed by atoms with E-state index in [1.54, 1.807) is 4.68 Å². The average Bonchev–Trinajstić information content (AvgIpc) is 2.77. The summed E-state index contributed by atoms with van der Waals surface area (Å²) < 4.78 is 1.80. The van der Waals surface area contributed by atoms with E-state index in [2.05, 4.69) is 5.10 Å². The second kappa shape index (κ2) is 8.54. The Morgan fingerprint density at radius 1 is 1.26 bits per heavy atom. The normalized spacial score (nSPS) is 18.7. The lowest BCUT2D eigenvalue weighted by atomic mass is 9.97. The van der Waals surface area contributed by atoms with Crippen LogP contribution in [-0.2, 0) is 21.4 Å². The minimum absolute atomic E-state index is 0.0578. The molecule has 1 aromatic heterocycles. The fourth-order valence-corrected chi connectivity index (χ4v) is 4.07. The van der Waals surface area contributed by atoms with Crippen molar-refractivity contribution in [2.75, 3.05) is 19.6 Å². The van der Waals surface area contributed by atoms with Gasteiger partial charge in [-0.3, -0.25) is 19.1 Å². The van der Waals surface area contributed by atoms with Crippen LogP contribution in [0.2, 0.25) is 0 Å². The Hall–Kier alpha value is -2.38. The van der Waals surface area contributed by atoms with E-state index in [1.165, 1.54) is 11.8 Å². The molecule has 0 aliphatic carbocycles. The smallest absolute Gasteiger partial charge is 0.323 e. The largest absolute Gasteiger partial charge is 0.480 e. The Morgan fingerprint density at radius 2 is 1.93 bits per heavy atom. The molecule has 2 unspecified atom stereocenters. The Morgan fingerprint density at radius 3 is 2.44 bits per heavy atom. The number of carboxylic acids is 1. The molecule has 1 aliphatic heterocycles. The molecule has 1 saturated heterocycles. The second-order valence-electron chi connectivity index (χ2n) is 7.38. The van der Waals surface area contributed by atoms with Crippen LogP contribution in [0.15, 0.2) is 0 Å². The summed E-state index contributed by atoms with van der Waals surface area (Å²) in [6, 6.07) is -0.145. The van der Waals surface area contributed by atoms with Crippen molar-refractivity contribution >= 4 is 17.8 Å². The number of nitrogens with zero attached hydrogens (tertiary/aromatic N) is 4. The van der Waals surface area contributed by atoms with Crippen LogP contribution in [0.3, 0.4) is 0 Å². The fraction of sp³-hybridized carbons (Fsp3) is 0.684. The maximum Gasteiger partial charge on any atom is 0.323 e. The topological polar surface area (TPSA) is 95.7 Å². The van der Waals surface area contributed by atoms with E-state index >= 15 is 0 Å². The highest BCUT2D eigenvalue weighted by Crippen LogP contribution is 2.26. The van der Waals surface area contributed by atoms with Crippen molar-refractivity contribution in [3.8, 4) is 0 Å². The second-order valence-corrected chi connectivity index (χ2v) is 7.38. The van der Waals surface area contributed by atoms with Crippen LogP contribution in [0, 0.1) is 13.8 Å². The summed E-state index contributed by atoms with van der Waals surface area (Å²) in [5.41, 5.74) is 2.83. The number of carbonyl (C=O) groups excluding carboxylic acids is 2. The van der Waals surface area contributed by atoms with Gasteiger partial charge in [0.25, 0.3) is 0 Å². The SMILES string of the molecule is CC(=O)N(CC(=O)O)C1CCCN(C(=O)C(C)c2c(C)nn(C)c2C)CC1. The molecule has 0 bridgehead atoms. The molecule has 1 aliphatic rings. The summed E-state index contributed by atoms with van der Waals surface area (Å²) in [5.74, 6) is -1.48. The van der Waals surface area contributed by atoms with Crippen LogP contribution in [0.1, 0.15) is 56.0 Å². The lowest BCUT2D eigenvalue weighted by Crippen LogP contribution is -2.43. The number of amides is 2. The number of rotatable bonds is 5. The number of likely N-dealkylation sites (tertiary alicyclic amines) is 1. The fourth-order valence-electron chi connectivity index (χ4n) is 4.07. The van der Waals surface area contributed by atoms with Gasteiger partial charge in [-0.2, -0.15) is 5.10 Å². The zero-order valence-electron chi connectivity index (χ0n) is 16.9. The lowest BCUT2D eigenvalue weighted by Gasteiger charge is -2.29. The molecule has 0 saturated carbocycles. The van der Waals surface area contributed by atoms with Gasteiger partial charge in [0.05, 0.1) is 11.6 Å². The summed E-state index contributed by atoms with van der Waals surface area (Å²) in [4.78, 5) is 39.2. The monoisotopic (exact) mass is 378 g/mol. The lowest BCUT2D eigenvalue weighted by molar-refractivity contribution is -0.145. The molecule has 0 spiro atoms. The predicted octanol–water partition coefficient (Wildman–Crippen LogP) is 1.45. The first-order valence-electron chi connectivity index (χ1n) is 9.41. The van der Waals surface area contributed by atoms with Crippen molar-refractivity contribution < 1.29 is 19.5 Å². The van der Waals surface area contributed by atoms with Crippen LogP contribution in [0.4, 0.5) is 0 Å². The molecule has 2 atom stereocenters. The molecule has 0 aromatic carbocycles. The Labute approximate surface area is 160 Å². The molecule has 27 heavy (non-hydrogen) atoms. The zero-order valence-corrected chi connectivity index (χ0v) is 16.9. The van der Waals surface area contributed by atoms with E-state index in [1.807, 2.05) is 32.7 Å². The van der Waals surface area contributed by atoms with Gasteiger partial charge in [-0.15, -0.1) is 0 Å². The Bertz CT molecular complexity index is 728. The maximum absolute atomic E-state index is 13.1. The van der Waals surface area contributed by atoms with Crippen LogP contribution in [0.25, 0.3) is 0 Å². The average molecular weight is 378 g/mol. The van der Waals surface area contributed by atoms with Gasteiger partial charge < -0.3 is 14.9 Å². The molecule has 1 fully saturated rings. The van der Waals surface area contributed by atoms with Crippen LogP contribution in [-0.4, -0.2) is 68.1 Å². The molecule has 1 N–H and O–H groups in total. The highest BCUT2D eigenvalue weighted by Gasteiger charge is 2.31. The standard InChI is InChI=1S/C19H30N4O4/c1-12(18-13(2)20-21(5)14(18)3)19(27)22-9-6-7-16(8-10-22)23(15(4)24)11-17(25)26/h12,16H,6-11H2,1-5H3,(H,25,26). The van der Waals surface area contributed by atoms with Gasteiger partial charge in [0.2, 0.25) is 11.8 Å². The quantitative estimate of drug-likeness (QED) is 0.837. The van der Waals surface area contributed by atoms with Gasteiger partial charge in [-0.05, 0) is 40.0 Å². The molecular formula is C19H30N4O4. The van der Waals surface area contributed by atoms with Crippen molar-refractivity contribution in [3.63, 3.8) is 0 Å². The van der Waals surface area contributed by atoms with E-state index in [0.717, 1.165) is 23.4 Å². The first-order chi connectivity index (χ1) is 12.6. The number of aliphatic carboxylic acids is 1. The van der Waals surface area contributed by atoms with Crippen LogP contribution in [0.5, 0.6) is 0 Å². The summed E-state index contributed by atoms with van der Waals surface area (Å²) in [7, 11) is 1.87. The van der Waals surface area contributed by atoms with Crippen LogP contribution < -0.4 is 0 Å². The van der Waals surface area contributed by atoms with Crippen molar-refractivity contribution in [2.45, 2.75) is 58.9 Å². The van der Waals surface area contributed by atoms with Crippen molar-refractivity contribution in [1.82, 2.24) is 19.6 Å². The van der Waals surface area contributed by atoms with Gasteiger partial charge >= 0.3 is 5.97 Å². The molecule has 8 heteroatoms. The summed E-state index contributed by atoms with van der Waals surface area (Å²) >= 11 is 0. The van der Waals surface area contributed by atoms with E-state index in [4.69, 9.17) is 5.11 Å². The number of aromatic nitrogens is 2. The highest BCUT2D eigenvalue weighted by atomic mass is 16.4. The molecule has 2 heterocycles. The molecule has 1 aromatic rings. The van der Waals surface area contributed by atoms with E-state index in [9.17, 15) is 14.4 Å². The van der Waals surface area contributed by atoms with Crippen molar-refractivity contribution in [2.24, 2.45) is 7.05 Å². The van der Waals surface area contributed by atoms with Crippen LogP contribution >= 0.6 is 0 Å². The van der Waals surface area contributed by atoms with Crippen molar-refractivity contribution in [1.29, 1.82) is 0 Å². The molecule has 2 amide bonds. The van der Waals surface area contributed by atoms with E-state index in [0.29, 0.717) is 25.9 Å². The zero-order chi connectivity index (χ0) is 20.3. The van der Waals surface area contributed by atoms with Gasteiger partial charge in [0, 0.05) is 44.4 Å². The maximum atomic E-state index is 13.1. The summed E-state index contributed by atoms with van der Waals surface area (Å²) in [6.07, 6.45) is 2.05. The summed E-state index contributed by atoms with van der Waals surface area (Å²) in [6.45, 7) is 8.04. The highest BCUT2D eigenvalue weighted by molar-refractivity contribution is 5.84. The third-order valence-electron chi connectivity index (χ3n) is 5.53. The van der Waals surface area contributed by atoms with Gasteiger partial charge in [0.1, 0.15) is 6.54 Å². The van der Waals surface area contributed by atoms with Gasteiger partial charge in [-0.25, -0.2) is 0 Å². The first-order valence-corrected chi connectivity index (χ1v) is 9.41. The van der Waals surface area contributed by atoms with Crippen molar-refractivity contribution in [3.05, 3.63) is 17.0 Å². The Kier molecular flexibility index (Phi) is 6.62. The number of carbonyl (C=O) groups is 3. The molecule has 2 rings (SSSR count). The van der Waals surface area contributed by atoms with E-state index < -0.39 is 5.97 Å². The molecular weight excluding hydrogens is 348 g/mol. The predicted molar refractivity (Wildman–Crippen MR) is 100 cm³/mol. The number of hydrogen-bond donors (Lipinski definition) is 1. The number of aryl methyl sites for hydroxylation is 2. The van der Waals surface area contributed by atoms with Gasteiger partial charge in [-0.1, -0.05) is 0 Å². The molecule has 150 valence electrons. The molecule has 0 radical (unpaired) electrons. The first kappa shape index (κ1) is 20.9. The number of carboxylic acid groups (broad SMARTS) is 1. The molecule has 8 nitrogen and oxygen atoms in total. The third-order valence-corrected chi connectivity index (χ3v) is 5.53. The number of hydrogen-bond acceptors (Lipinski definition) is 4. The minimum Gasteiger partial charge on any atom is -0.480 e. The van der Waals surface area contributed by atoms with E-state index in [-0.39, 0.29) is 30.3 Å². The Balaban J connectivity index is 2.09.